The van der Waals surface area contributed by atoms with E-state index in [9.17, 15) is 4.79 Å². The van der Waals surface area contributed by atoms with Gasteiger partial charge in [0, 0.05) is 29.2 Å². The number of aromatic amines is 1. The van der Waals surface area contributed by atoms with Gasteiger partial charge in [-0.25, -0.2) is 4.98 Å². The van der Waals surface area contributed by atoms with Crippen LogP contribution in [0.3, 0.4) is 0 Å². The van der Waals surface area contributed by atoms with Crippen LogP contribution in [0, 0.1) is 11.8 Å². The van der Waals surface area contributed by atoms with Crippen LogP contribution in [0.15, 0.2) is 48.7 Å². The summed E-state index contributed by atoms with van der Waals surface area (Å²) in [5, 5.41) is 4.07. The monoisotopic (exact) mass is 362 g/mol. The Kier molecular flexibility index (Phi) is 4.94. The van der Waals surface area contributed by atoms with E-state index in [0.717, 1.165) is 53.7 Å². The Morgan fingerprint density at radius 1 is 1.19 bits per heavy atom. The molecule has 1 aromatic carbocycles. The van der Waals surface area contributed by atoms with Gasteiger partial charge >= 0.3 is 0 Å². The number of aromatic nitrogens is 2. The summed E-state index contributed by atoms with van der Waals surface area (Å²) in [7, 11) is 0. The third-order valence-corrected chi connectivity index (χ3v) is 5.76. The molecule has 5 heteroatoms. The molecule has 1 fully saturated rings. The number of carbonyl (C=O) groups is 1. The number of benzene rings is 1. The lowest BCUT2D eigenvalue weighted by atomic mass is 9.79. The number of carbonyl (C=O) groups excluding carboxylic acids is 1. The first kappa shape index (κ1) is 17.7. The summed E-state index contributed by atoms with van der Waals surface area (Å²) in [6.45, 7) is 2.06. The summed E-state index contributed by atoms with van der Waals surface area (Å²) < 4.78 is 0. The van der Waals surface area contributed by atoms with Gasteiger partial charge in [0.2, 0.25) is 5.91 Å². The molecule has 0 saturated heterocycles. The lowest BCUT2D eigenvalue weighted by Gasteiger charge is -2.30. The number of hydrogen-bond donors (Lipinski definition) is 3. The maximum Gasteiger partial charge on any atom is 0.227 e. The number of rotatable bonds is 4. The van der Waals surface area contributed by atoms with E-state index in [1.165, 1.54) is 0 Å². The van der Waals surface area contributed by atoms with Gasteiger partial charge < -0.3 is 16.0 Å². The summed E-state index contributed by atoms with van der Waals surface area (Å²) in [6, 6.07) is 14.3. The van der Waals surface area contributed by atoms with Crippen molar-refractivity contribution in [2.45, 2.75) is 38.6 Å². The van der Waals surface area contributed by atoms with Gasteiger partial charge in [-0.1, -0.05) is 30.3 Å². The Morgan fingerprint density at radius 2 is 1.93 bits per heavy atom. The molecule has 1 amide bonds. The topological polar surface area (TPSA) is 83.8 Å². The Labute approximate surface area is 159 Å². The number of nitrogens with one attached hydrogen (secondary N) is 2. The van der Waals surface area contributed by atoms with Gasteiger partial charge in [0.05, 0.1) is 5.69 Å². The average Bonchev–Trinajstić information content (AvgIpc) is 3.14. The molecular formula is C22H26N4O. The van der Waals surface area contributed by atoms with Crippen molar-refractivity contribution in [1.82, 2.24) is 9.97 Å². The molecule has 1 atom stereocenters. The third-order valence-electron chi connectivity index (χ3n) is 5.76. The molecule has 0 bridgehead atoms. The maximum absolute atomic E-state index is 12.8. The number of pyridine rings is 1. The normalized spacial score (nSPS) is 21.1. The second kappa shape index (κ2) is 7.53. The summed E-state index contributed by atoms with van der Waals surface area (Å²) >= 11 is 0. The van der Waals surface area contributed by atoms with Crippen molar-refractivity contribution >= 4 is 22.6 Å². The number of H-pyrrole nitrogens is 1. The molecule has 3 aromatic rings. The zero-order chi connectivity index (χ0) is 18.8. The predicted molar refractivity (Wildman–Crippen MR) is 109 cm³/mol. The maximum atomic E-state index is 12.8. The van der Waals surface area contributed by atoms with Crippen molar-refractivity contribution in [3.05, 3.63) is 48.7 Å². The van der Waals surface area contributed by atoms with Gasteiger partial charge in [-0.15, -0.1) is 0 Å². The fourth-order valence-electron chi connectivity index (χ4n) is 4.05. The minimum absolute atomic E-state index is 0.0655. The second-order valence-electron chi connectivity index (χ2n) is 7.63. The van der Waals surface area contributed by atoms with Crippen molar-refractivity contribution in [1.29, 1.82) is 0 Å². The molecule has 1 aliphatic rings. The van der Waals surface area contributed by atoms with Crippen LogP contribution in [0.5, 0.6) is 0 Å². The second-order valence-corrected chi connectivity index (χ2v) is 7.63. The van der Waals surface area contributed by atoms with Crippen LogP contribution in [0.4, 0.5) is 5.69 Å². The SMILES string of the molecule is CC(N)C1CCC(C(=O)Nc2ccnc3[nH]c(-c4ccccc4)cc23)CC1. The minimum atomic E-state index is 0.0655. The van der Waals surface area contributed by atoms with Gasteiger partial charge in [-0.05, 0) is 56.2 Å². The molecule has 0 spiro atoms. The number of anilines is 1. The molecule has 0 radical (unpaired) electrons. The Morgan fingerprint density at radius 3 is 2.63 bits per heavy atom. The zero-order valence-corrected chi connectivity index (χ0v) is 15.6. The molecule has 140 valence electrons. The zero-order valence-electron chi connectivity index (χ0n) is 15.6. The lowest BCUT2D eigenvalue weighted by molar-refractivity contribution is -0.121. The van der Waals surface area contributed by atoms with Crippen molar-refractivity contribution in [3.63, 3.8) is 0 Å². The van der Waals surface area contributed by atoms with E-state index in [0.29, 0.717) is 5.92 Å². The number of hydrogen-bond acceptors (Lipinski definition) is 3. The molecule has 0 aliphatic heterocycles. The number of fused-ring (bicyclic) bond motifs is 1. The van der Waals surface area contributed by atoms with Crippen LogP contribution in [0.2, 0.25) is 0 Å². The van der Waals surface area contributed by atoms with E-state index in [4.69, 9.17) is 5.73 Å². The largest absolute Gasteiger partial charge is 0.339 e. The lowest BCUT2D eigenvalue weighted by Crippen LogP contribution is -2.33. The van der Waals surface area contributed by atoms with Crippen LogP contribution in [-0.2, 0) is 4.79 Å². The predicted octanol–water partition coefficient (Wildman–Crippen LogP) is 4.32. The van der Waals surface area contributed by atoms with Gasteiger partial charge in [0.1, 0.15) is 5.65 Å². The molecule has 2 aromatic heterocycles. The molecule has 1 unspecified atom stereocenters. The Balaban J connectivity index is 1.52. The molecule has 1 saturated carbocycles. The van der Waals surface area contributed by atoms with Gasteiger partial charge in [-0.2, -0.15) is 0 Å². The van der Waals surface area contributed by atoms with Crippen LogP contribution in [0.1, 0.15) is 32.6 Å². The van der Waals surface area contributed by atoms with Crippen LogP contribution >= 0.6 is 0 Å². The average molecular weight is 362 g/mol. The minimum Gasteiger partial charge on any atom is -0.339 e. The van der Waals surface area contributed by atoms with E-state index in [-0.39, 0.29) is 17.9 Å². The van der Waals surface area contributed by atoms with E-state index in [1.54, 1.807) is 6.20 Å². The summed E-state index contributed by atoms with van der Waals surface area (Å²) in [4.78, 5) is 20.6. The van der Waals surface area contributed by atoms with Crippen molar-refractivity contribution in [3.8, 4) is 11.3 Å². The van der Waals surface area contributed by atoms with Crippen molar-refractivity contribution in [2.75, 3.05) is 5.32 Å². The molecule has 4 rings (SSSR count). The van der Waals surface area contributed by atoms with E-state index in [1.807, 2.05) is 24.3 Å². The Hall–Kier alpha value is -2.66. The number of nitrogens with zero attached hydrogens (tertiary/aromatic N) is 1. The summed E-state index contributed by atoms with van der Waals surface area (Å²) in [6.07, 6.45) is 5.62. The van der Waals surface area contributed by atoms with Crippen LogP contribution in [-0.4, -0.2) is 21.9 Å². The number of nitrogens with two attached hydrogens (primary N) is 1. The van der Waals surface area contributed by atoms with Gasteiger partial charge in [0.25, 0.3) is 0 Å². The smallest absolute Gasteiger partial charge is 0.227 e. The summed E-state index contributed by atoms with van der Waals surface area (Å²) in [5.74, 6) is 0.712. The molecule has 5 nitrogen and oxygen atoms in total. The van der Waals surface area contributed by atoms with E-state index >= 15 is 0 Å². The van der Waals surface area contributed by atoms with Gasteiger partial charge in [0.15, 0.2) is 0 Å². The first-order valence-corrected chi connectivity index (χ1v) is 9.71. The Bertz CT molecular complexity index is 924. The van der Waals surface area contributed by atoms with Crippen molar-refractivity contribution < 1.29 is 4.79 Å². The fourth-order valence-corrected chi connectivity index (χ4v) is 4.05. The van der Waals surface area contributed by atoms with Gasteiger partial charge in [-0.3, -0.25) is 4.79 Å². The van der Waals surface area contributed by atoms with Crippen LogP contribution < -0.4 is 11.1 Å². The highest BCUT2D eigenvalue weighted by Gasteiger charge is 2.28. The standard InChI is InChI=1S/C22H26N4O/c1-14(23)15-7-9-17(10-8-15)22(27)26-19-11-12-24-21-18(19)13-20(25-21)16-5-3-2-4-6-16/h2-6,11-15,17H,7-10,23H2,1H3,(H2,24,25,26,27). The molecule has 4 N–H and O–H groups in total. The van der Waals surface area contributed by atoms with E-state index in [2.05, 4.69) is 40.4 Å². The first-order chi connectivity index (χ1) is 13.1. The first-order valence-electron chi connectivity index (χ1n) is 9.71. The fraction of sp³-hybridized carbons (Fsp3) is 0.364. The highest BCUT2D eigenvalue weighted by atomic mass is 16.1. The van der Waals surface area contributed by atoms with E-state index < -0.39 is 0 Å². The highest BCUT2D eigenvalue weighted by molar-refractivity contribution is 6.02. The molecule has 27 heavy (non-hydrogen) atoms. The molecule has 1 aliphatic carbocycles. The third kappa shape index (κ3) is 3.74. The highest BCUT2D eigenvalue weighted by Crippen LogP contribution is 2.32. The van der Waals surface area contributed by atoms with Crippen molar-refractivity contribution in [2.24, 2.45) is 17.6 Å². The van der Waals surface area contributed by atoms with Crippen LogP contribution in [0.25, 0.3) is 22.3 Å². The molecule has 2 heterocycles. The molecular weight excluding hydrogens is 336 g/mol. The number of amides is 1. The summed E-state index contributed by atoms with van der Waals surface area (Å²) in [5.41, 5.74) is 9.71. The quantitative estimate of drug-likeness (QED) is 0.646.